The van der Waals surface area contributed by atoms with Crippen molar-refractivity contribution in [2.75, 3.05) is 19.4 Å². The Hall–Kier alpha value is -1.44. The first-order chi connectivity index (χ1) is 10.8. The van der Waals surface area contributed by atoms with E-state index in [4.69, 9.17) is 4.74 Å². The van der Waals surface area contributed by atoms with E-state index in [9.17, 15) is 13.2 Å². The van der Waals surface area contributed by atoms with Crippen molar-refractivity contribution in [1.29, 1.82) is 0 Å². The number of carbonyl (C=O) groups excluding carboxylic acids is 1. The molecule has 0 aromatic heterocycles. The molecule has 2 saturated heterocycles. The number of carbonyl (C=O) groups is 1. The van der Waals surface area contributed by atoms with Crippen molar-refractivity contribution in [2.24, 2.45) is 0 Å². The molecule has 3 rings (SSSR count). The fraction of sp³-hybridized carbons (Fsp3) is 0.562. The molecule has 0 aliphatic carbocycles. The molecular weight excluding hydrogens is 316 g/mol. The minimum atomic E-state index is -3.35. The standard InChI is InChI=1S/C16H22N2O4S/c1-11-5-7-12(8-6-11)16(19)18-10-13(17-23(2,20)21)15-14(18)4-3-9-22-15/h5-8,13-15,17H,3-4,9-10H2,1-2H3/t13-,14-,15-/m0/s1. The molecule has 6 nitrogen and oxygen atoms in total. The van der Waals surface area contributed by atoms with Crippen LogP contribution in [0.1, 0.15) is 28.8 Å². The molecule has 23 heavy (non-hydrogen) atoms. The Balaban J connectivity index is 1.83. The average molecular weight is 338 g/mol. The van der Waals surface area contributed by atoms with Crippen LogP contribution in [0.25, 0.3) is 0 Å². The lowest BCUT2D eigenvalue weighted by molar-refractivity contribution is -0.0156. The zero-order chi connectivity index (χ0) is 16.6. The number of hydrogen-bond acceptors (Lipinski definition) is 4. The average Bonchev–Trinajstić information content (AvgIpc) is 2.84. The number of nitrogens with zero attached hydrogens (tertiary/aromatic N) is 1. The van der Waals surface area contributed by atoms with Crippen molar-refractivity contribution >= 4 is 15.9 Å². The van der Waals surface area contributed by atoms with Gasteiger partial charge in [0, 0.05) is 18.7 Å². The molecule has 2 heterocycles. The van der Waals surface area contributed by atoms with Gasteiger partial charge in [0.2, 0.25) is 10.0 Å². The predicted octanol–water partition coefficient (Wildman–Crippen LogP) is 0.916. The van der Waals surface area contributed by atoms with Crippen molar-refractivity contribution in [1.82, 2.24) is 9.62 Å². The molecular formula is C16H22N2O4S. The maximum Gasteiger partial charge on any atom is 0.254 e. The summed E-state index contributed by atoms with van der Waals surface area (Å²) in [5, 5.41) is 0. The van der Waals surface area contributed by atoms with E-state index in [1.807, 2.05) is 31.2 Å². The summed E-state index contributed by atoms with van der Waals surface area (Å²) in [7, 11) is -3.35. The highest BCUT2D eigenvalue weighted by Gasteiger charge is 2.46. The van der Waals surface area contributed by atoms with Gasteiger partial charge in [-0.05, 0) is 31.9 Å². The molecule has 2 aliphatic heterocycles. The monoisotopic (exact) mass is 338 g/mol. The quantitative estimate of drug-likeness (QED) is 0.889. The lowest BCUT2D eigenvalue weighted by Crippen LogP contribution is -2.47. The molecule has 3 atom stereocenters. The summed E-state index contributed by atoms with van der Waals surface area (Å²) in [4.78, 5) is 14.6. The second-order valence-electron chi connectivity index (χ2n) is 6.37. The molecule has 2 aliphatic rings. The number of fused-ring (bicyclic) bond motifs is 1. The number of sulfonamides is 1. The van der Waals surface area contributed by atoms with Gasteiger partial charge in [-0.15, -0.1) is 0 Å². The number of likely N-dealkylation sites (tertiary alicyclic amines) is 1. The van der Waals surface area contributed by atoms with Crippen LogP contribution in [-0.2, 0) is 14.8 Å². The molecule has 1 aromatic rings. The zero-order valence-corrected chi connectivity index (χ0v) is 14.2. The summed E-state index contributed by atoms with van der Waals surface area (Å²) in [5.41, 5.74) is 1.72. The van der Waals surface area contributed by atoms with Crippen molar-refractivity contribution in [2.45, 2.75) is 38.0 Å². The van der Waals surface area contributed by atoms with Gasteiger partial charge in [-0.2, -0.15) is 0 Å². The first kappa shape index (κ1) is 16.4. The number of hydrogen-bond donors (Lipinski definition) is 1. The van der Waals surface area contributed by atoms with Crippen LogP contribution >= 0.6 is 0 Å². The Bertz CT molecular complexity index is 687. The summed E-state index contributed by atoms with van der Waals surface area (Å²) in [5.74, 6) is -0.0664. The van der Waals surface area contributed by atoms with Gasteiger partial charge in [-0.1, -0.05) is 17.7 Å². The third-order valence-corrected chi connectivity index (χ3v) is 5.18. The largest absolute Gasteiger partial charge is 0.374 e. The molecule has 7 heteroatoms. The van der Waals surface area contributed by atoms with E-state index in [1.54, 1.807) is 4.90 Å². The molecule has 0 spiro atoms. The molecule has 1 amide bonds. The van der Waals surface area contributed by atoms with Gasteiger partial charge in [-0.3, -0.25) is 4.79 Å². The third-order valence-electron chi connectivity index (χ3n) is 4.45. The van der Waals surface area contributed by atoms with Gasteiger partial charge >= 0.3 is 0 Å². The molecule has 0 radical (unpaired) electrons. The third kappa shape index (κ3) is 3.57. The summed E-state index contributed by atoms with van der Waals surface area (Å²) in [6.45, 7) is 2.92. The highest BCUT2D eigenvalue weighted by molar-refractivity contribution is 7.88. The highest BCUT2D eigenvalue weighted by atomic mass is 32.2. The maximum atomic E-state index is 12.8. The molecule has 1 N–H and O–H groups in total. The Morgan fingerprint density at radius 1 is 1.30 bits per heavy atom. The van der Waals surface area contributed by atoms with Crippen LogP contribution in [0.2, 0.25) is 0 Å². The van der Waals surface area contributed by atoms with Gasteiger partial charge in [0.1, 0.15) is 0 Å². The fourth-order valence-electron chi connectivity index (χ4n) is 3.43. The van der Waals surface area contributed by atoms with E-state index in [0.717, 1.165) is 24.7 Å². The van der Waals surface area contributed by atoms with E-state index in [1.165, 1.54) is 0 Å². The Morgan fingerprint density at radius 2 is 2.00 bits per heavy atom. The van der Waals surface area contributed by atoms with Crippen molar-refractivity contribution in [3.05, 3.63) is 35.4 Å². The Labute approximate surface area is 136 Å². The second-order valence-corrected chi connectivity index (χ2v) is 8.15. The van der Waals surface area contributed by atoms with Crippen LogP contribution in [0.3, 0.4) is 0 Å². The summed E-state index contributed by atoms with van der Waals surface area (Å²) < 4.78 is 31.5. The van der Waals surface area contributed by atoms with Crippen LogP contribution in [0.5, 0.6) is 0 Å². The number of ether oxygens (including phenoxy) is 1. The maximum absolute atomic E-state index is 12.8. The first-order valence-corrected chi connectivity index (χ1v) is 9.71. The SMILES string of the molecule is Cc1ccc(C(=O)N2C[C@H](NS(C)(=O)=O)[C@@H]3OCCC[C@@H]32)cc1. The van der Waals surface area contributed by atoms with Crippen LogP contribution in [0.15, 0.2) is 24.3 Å². The number of amides is 1. The van der Waals surface area contributed by atoms with Crippen LogP contribution in [0, 0.1) is 6.92 Å². The van der Waals surface area contributed by atoms with Crippen molar-refractivity contribution in [3.63, 3.8) is 0 Å². The first-order valence-electron chi connectivity index (χ1n) is 7.82. The van der Waals surface area contributed by atoms with Gasteiger partial charge in [0.05, 0.1) is 24.4 Å². The normalized spacial score (nSPS) is 27.7. The lowest BCUT2D eigenvalue weighted by atomic mass is 10.0. The molecule has 0 bridgehead atoms. The topological polar surface area (TPSA) is 75.7 Å². The molecule has 0 unspecified atom stereocenters. The van der Waals surface area contributed by atoms with E-state index >= 15 is 0 Å². The van der Waals surface area contributed by atoms with Gasteiger partial charge < -0.3 is 9.64 Å². The van der Waals surface area contributed by atoms with E-state index in [2.05, 4.69) is 4.72 Å². The predicted molar refractivity (Wildman–Crippen MR) is 86.7 cm³/mol. The van der Waals surface area contributed by atoms with E-state index in [-0.39, 0.29) is 24.1 Å². The van der Waals surface area contributed by atoms with Gasteiger partial charge in [-0.25, -0.2) is 13.1 Å². The van der Waals surface area contributed by atoms with Crippen LogP contribution in [0.4, 0.5) is 0 Å². The lowest BCUT2D eigenvalue weighted by Gasteiger charge is -2.32. The summed E-state index contributed by atoms with van der Waals surface area (Å²) >= 11 is 0. The summed E-state index contributed by atoms with van der Waals surface area (Å²) in [6, 6.07) is 6.98. The fourth-order valence-corrected chi connectivity index (χ4v) is 4.19. The number of benzene rings is 1. The smallest absolute Gasteiger partial charge is 0.254 e. The van der Waals surface area contributed by atoms with Crippen LogP contribution in [-0.4, -0.2) is 56.8 Å². The minimum absolute atomic E-state index is 0.0664. The minimum Gasteiger partial charge on any atom is -0.374 e. The molecule has 2 fully saturated rings. The number of nitrogens with one attached hydrogen (secondary N) is 1. The highest BCUT2D eigenvalue weighted by Crippen LogP contribution is 2.30. The van der Waals surface area contributed by atoms with E-state index in [0.29, 0.717) is 18.7 Å². The van der Waals surface area contributed by atoms with E-state index < -0.39 is 10.0 Å². The number of rotatable bonds is 3. The Kier molecular flexibility index (Phi) is 4.44. The van der Waals surface area contributed by atoms with Crippen LogP contribution < -0.4 is 4.72 Å². The van der Waals surface area contributed by atoms with Gasteiger partial charge in [0.15, 0.2) is 0 Å². The van der Waals surface area contributed by atoms with Crippen molar-refractivity contribution in [3.8, 4) is 0 Å². The van der Waals surface area contributed by atoms with Crippen molar-refractivity contribution < 1.29 is 17.9 Å². The summed E-state index contributed by atoms with van der Waals surface area (Å²) in [6.07, 6.45) is 2.58. The molecule has 1 aromatic carbocycles. The van der Waals surface area contributed by atoms with Gasteiger partial charge in [0.25, 0.3) is 5.91 Å². The molecule has 126 valence electrons. The Morgan fingerprint density at radius 3 is 2.65 bits per heavy atom. The number of aryl methyl sites for hydroxylation is 1. The second kappa shape index (κ2) is 6.22. The molecule has 0 saturated carbocycles. The zero-order valence-electron chi connectivity index (χ0n) is 13.4.